The fraction of sp³-hybridized carbons (Fsp3) is 0.684. The van der Waals surface area contributed by atoms with Crippen LogP contribution in [-0.2, 0) is 19.3 Å². The van der Waals surface area contributed by atoms with E-state index in [1.54, 1.807) is 6.92 Å². The van der Waals surface area contributed by atoms with Gasteiger partial charge in [-0.05, 0) is 58.3 Å². The van der Waals surface area contributed by atoms with Gasteiger partial charge in [-0.2, -0.15) is 0 Å². The summed E-state index contributed by atoms with van der Waals surface area (Å²) in [5, 5.41) is 0. The highest BCUT2D eigenvalue weighted by molar-refractivity contribution is 5.96. The maximum Gasteiger partial charge on any atom is 0.366 e. The largest absolute Gasteiger partial charge is 0.465 e. The Morgan fingerprint density at radius 3 is 2.54 bits per heavy atom. The number of rotatable bonds is 7. The summed E-state index contributed by atoms with van der Waals surface area (Å²) in [6.07, 6.45) is 6.55. The van der Waals surface area contributed by atoms with Crippen molar-refractivity contribution in [2.24, 2.45) is 11.3 Å². The summed E-state index contributed by atoms with van der Waals surface area (Å²) in [6.45, 7) is 10.3. The number of esters is 1. The SMILES string of the molecule is CCOC(=O)C(/C=C(\C)CCC1=C(C)CCCC1(C)C)C(=O)OF. The van der Waals surface area contributed by atoms with Gasteiger partial charge in [-0.3, -0.25) is 9.74 Å². The molecule has 4 nitrogen and oxygen atoms in total. The molecule has 0 aromatic carbocycles. The second-order valence-corrected chi connectivity index (χ2v) is 7.14. The van der Waals surface area contributed by atoms with Gasteiger partial charge in [-0.25, -0.2) is 4.79 Å². The number of hydrogen-bond acceptors (Lipinski definition) is 4. The van der Waals surface area contributed by atoms with E-state index in [0.29, 0.717) is 6.42 Å². The predicted molar refractivity (Wildman–Crippen MR) is 90.6 cm³/mol. The van der Waals surface area contributed by atoms with Crippen LogP contribution in [0, 0.1) is 11.3 Å². The standard InChI is InChI=1S/C19H29FO4/c1-6-23-17(21)15(18(22)24-20)12-13(2)9-10-16-14(3)8-7-11-19(16,4)5/h12,15H,6-11H2,1-5H3/b13-12+. The highest BCUT2D eigenvalue weighted by atomic mass is 19.3. The zero-order chi connectivity index (χ0) is 18.3. The second kappa shape index (κ2) is 9.00. The third kappa shape index (κ3) is 5.46. The van der Waals surface area contributed by atoms with Crippen molar-refractivity contribution in [3.63, 3.8) is 0 Å². The van der Waals surface area contributed by atoms with Crippen LogP contribution in [0.25, 0.3) is 0 Å². The lowest BCUT2D eigenvalue weighted by molar-refractivity contribution is -0.190. The number of halogens is 1. The molecule has 24 heavy (non-hydrogen) atoms. The van der Waals surface area contributed by atoms with Gasteiger partial charge >= 0.3 is 11.9 Å². The zero-order valence-electron chi connectivity index (χ0n) is 15.4. The van der Waals surface area contributed by atoms with Crippen LogP contribution in [0.3, 0.4) is 0 Å². The molecule has 0 radical (unpaired) electrons. The van der Waals surface area contributed by atoms with Crippen LogP contribution in [0.4, 0.5) is 4.53 Å². The minimum atomic E-state index is -1.34. The van der Waals surface area contributed by atoms with Crippen LogP contribution in [0.5, 0.6) is 0 Å². The Balaban J connectivity index is 2.83. The first-order chi connectivity index (χ1) is 11.2. The molecule has 0 saturated heterocycles. The fourth-order valence-electron chi connectivity index (χ4n) is 3.43. The van der Waals surface area contributed by atoms with Crippen LogP contribution in [0.15, 0.2) is 22.8 Å². The molecular formula is C19H29FO4. The lowest BCUT2D eigenvalue weighted by Crippen LogP contribution is -2.25. The lowest BCUT2D eigenvalue weighted by atomic mass is 9.71. The van der Waals surface area contributed by atoms with E-state index >= 15 is 0 Å². The van der Waals surface area contributed by atoms with Crippen molar-refractivity contribution in [3.05, 3.63) is 22.8 Å². The molecule has 0 aromatic heterocycles. The first kappa shape index (κ1) is 20.4. The molecule has 0 amide bonds. The minimum Gasteiger partial charge on any atom is -0.465 e. The van der Waals surface area contributed by atoms with Crippen molar-refractivity contribution in [1.82, 2.24) is 0 Å². The normalized spacial score (nSPS) is 19.0. The molecule has 1 atom stereocenters. The molecule has 1 aliphatic rings. The summed E-state index contributed by atoms with van der Waals surface area (Å²) < 4.78 is 17.0. The molecule has 1 unspecified atom stereocenters. The molecular weight excluding hydrogens is 311 g/mol. The Hall–Kier alpha value is -1.65. The van der Waals surface area contributed by atoms with E-state index in [1.807, 2.05) is 6.92 Å². The molecule has 0 heterocycles. The Morgan fingerprint density at radius 2 is 2.00 bits per heavy atom. The van der Waals surface area contributed by atoms with Crippen LogP contribution >= 0.6 is 0 Å². The monoisotopic (exact) mass is 340 g/mol. The highest BCUT2D eigenvalue weighted by Gasteiger charge is 2.30. The molecule has 5 heteroatoms. The molecule has 1 aliphatic carbocycles. The Kier molecular flexibility index (Phi) is 7.64. The van der Waals surface area contributed by atoms with Crippen molar-refractivity contribution in [1.29, 1.82) is 0 Å². The molecule has 0 aromatic rings. The number of carbonyl (C=O) groups excluding carboxylic acids is 2. The minimum absolute atomic E-state index is 0.127. The van der Waals surface area contributed by atoms with E-state index in [1.165, 1.54) is 30.1 Å². The fourth-order valence-corrected chi connectivity index (χ4v) is 3.43. The van der Waals surface area contributed by atoms with Crippen LogP contribution in [0.1, 0.15) is 66.7 Å². The Morgan fingerprint density at radius 1 is 1.33 bits per heavy atom. The van der Waals surface area contributed by atoms with Crippen molar-refractivity contribution in [3.8, 4) is 0 Å². The summed E-state index contributed by atoms with van der Waals surface area (Å²) in [5.74, 6) is -3.36. The van der Waals surface area contributed by atoms with Crippen LogP contribution in [0.2, 0.25) is 0 Å². The van der Waals surface area contributed by atoms with Crippen LogP contribution < -0.4 is 0 Å². The van der Waals surface area contributed by atoms with E-state index in [-0.39, 0.29) is 12.0 Å². The third-order valence-corrected chi connectivity index (χ3v) is 4.78. The van der Waals surface area contributed by atoms with E-state index in [0.717, 1.165) is 18.4 Å². The van der Waals surface area contributed by atoms with Gasteiger partial charge in [0, 0.05) is 4.53 Å². The summed E-state index contributed by atoms with van der Waals surface area (Å²) in [4.78, 5) is 26.5. The topological polar surface area (TPSA) is 52.6 Å². The molecule has 136 valence electrons. The Bertz CT molecular complexity index is 531. The average Bonchev–Trinajstić information content (AvgIpc) is 2.50. The van der Waals surface area contributed by atoms with Gasteiger partial charge in [0.1, 0.15) is 0 Å². The summed E-state index contributed by atoms with van der Waals surface area (Å²) in [6, 6.07) is 0. The van der Waals surface area contributed by atoms with E-state index in [4.69, 9.17) is 4.74 Å². The van der Waals surface area contributed by atoms with Crippen molar-refractivity contribution < 1.29 is 23.8 Å². The molecule has 0 fully saturated rings. The van der Waals surface area contributed by atoms with Gasteiger partial charge in [-0.15, -0.1) is 0 Å². The molecule has 0 bridgehead atoms. The maximum atomic E-state index is 12.2. The number of carbonyl (C=O) groups is 2. The molecule has 0 aliphatic heterocycles. The lowest BCUT2D eigenvalue weighted by Gasteiger charge is -2.35. The van der Waals surface area contributed by atoms with Gasteiger partial charge in [-0.1, -0.05) is 36.6 Å². The van der Waals surface area contributed by atoms with Gasteiger partial charge < -0.3 is 4.74 Å². The average molecular weight is 340 g/mol. The zero-order valence-corrected chi connectivity index (χ0v) is 15.4. The summed E-state index contributed by atoms with van der Waals surface area (Å²) in [7, 11) is 0. The van der Waals surface area contributed by atoms with Crippen molar-refractivity contribution in [2.45, 2.75) is 66.7 Å². The van der Waals surface area contributed by atoms with Gasteiger partial charge in [0.05, 0.1) is 6.61 Å². The van der Waals surface area contributed by atoms with E-state index in [2.05, 4.69) is 25.7 Å². The van der Waals surface area contributed by atoms with E-state index in [9.17, 15) is 14.1 Å². The number of hydrogen-bond donors (Lipinski definition) is 0. The van der Waals surface area contributed by atoms with Gasteiger partial charge in [0.15, 0.2) is 5.92 Å². The first-order valence-corrected chi connectivity index (χ1v) is 8.58. The maximum absolute atomic E-state index is 12.2. The van der Waals surface area contributed by atoms with Crippen LogP contribution in [-0.4, -0.2) is 18.5 Å². The van der Waals surface area contributed by atoms with Gasteiger partial charge in [0.2, 0.25) is 0 Å². The van der Waals surface area contributed by atoms with Crippen molar-refractivity contribution in [2.75, 3.05) is 6.61 Å². The summed E-state index contributed by atoms with van der Waals surface area (Å²) in [5.41, 5.74) is 3.91. The van der Waals surface area contributed by atoms with E-state index < -0.39 is 17.9 Å². The first-order valence-electron chi connectivity index (χ1n) is 8.58. The smallest absolute Gasteiger partial charge is 0.366 e. The highest BCUT2D eigenvalue weighted by Crippen LogP contribution is 2.42. The van der Waals surface area contributed by atoms with Crippen molar-refractivity contribution >= 4 is 11.9 Å². The molecule has 1 rings (SSSR count). The number of ether oxygens (including phenoxy) is 1. The molecule has 0 spiro atoms. The van der Waals surface area contributed by atoms with Gasteiger partial charge in [0.25, 0.3) is 0 Å². The molecule has 0 N–H and O–H groups in total. The molecule has 0 saturated carbocycles. The third-order valence-electron chi connectivity index (χ3n) is 4.78. The predicted octanol–water partition coefficient (Wildman–Crippen LogP) is 4.85. The quantitative estimate of drug-likeness (QED) is 0.378. The second-order valence-electron chi connectivity index (χ2n) is 7.14. The summed E-state index contributed by atoms with van der Waals surface area (Å²) >= 11 is 0. The Labute approximate surface area is 144 Å². The number of allylic oxidation sites excluding steroid dienone is 3.